The van der Waals surface area contributed by atoms with Crippen LogP contribution >= 0.6 is 0 Å². The number of aryl methyl sites for hydroxylation is 3. The molecule has 0 bridgehead atoms. The van der Waals surface area contributed by atoms with Crippen molar-refractivity contribution in [1.82, 2.24) is 4.90 Å². The summed E-state index contributed by atoms with van der Waals surface area (Å²) in [5.74, 6) is -1.92. The lowest BCUT2D eigenvalue weighted by Gasteiger charge is -2.40. The fourth-order valence-electron chi connectivity index (χ4n) is 4.67. The van der Waals surface area contributed by atoms with Gasteiger partial charge in [-0.25, -0.2) is 0 Å². The van der Waals surface area contributed by atoms with E-state index in [1.165, 1.54) is 4.90 Å². The van der Waals surface area contributed by atoms with Crippen LogP contribution in [0.4, 0.5) is 11.4 Å². The van der Waals surface area contributed by atoms with Gasteiger partial charge < -0.3 is 5.32 Å². The third-order valence-electron chi connectivity index (χ3n) is 7.10. The molecule has 0 radical (unpaired) electrons. The van der Waals surface area contributed by atoms with Gasteiger partial charge >= 0.3 is 0 Å². The first-order valence-electron chi connectivity index (χ1n) is 12.3. The third-order valence-corrected chi connectivity index (χ3v) is 7.10. The number of nitrogens with zero attached hydrogens (tertiary/aromatic N) is 2. The highest BCUT2D eigenvalue weighted by molar-refractivity contribution is 6.23. The first-order chi connectivity index (χ1) is 17.6. The molecule has 190 valence electrons. The zero-order valence-corrected chi connectivity index (χ0v) is 21.8. The summed E-state index contributed by atoms with van der Waals surface area (Å²) in [6.45, 7) is 8.82. The van der Waals surface area contributed by atoms with Crippen LogP contribution in [0.3, 0.4) is 0 Å². The minimum atomic E-state index is -1.31. The second kappa shape index (κ2) is 10.0. The Morgan fingerprint density at radius 2 is 1.38 bits per heavy atom. The SMILES string of the molecule is CCC(C)(C(=O)Nc1c(C)cccc1C)N(C(=O)CN1C(=O)c2ccccc2C1=O)c1ccc(C)cc1. The van der Waals surface area contributed by atoms with E-state index < -0.39 is 29.8 Å². The summed E-state index contributed by atoms with van der Waals surface area (Å²) in [4.78, 5) is 56.1. The topological polar surface area (TPSA) is 86.8 Å². The number of imide groups is 1. The number of amides is 4. The predicted octanol–water partition coefficient (Wildman–Crippen LogP) is 5.05. The van der Waals surface area contributed by atoms with Gasteiger partial charge in [0.25, 0.3) is 11.8 Å². The molecule has 1 heterocycles. The average Bonchev–Trinajstić information content (AvgIpc) is 3.12. The van der Waals surface area contributed by atoms with Crippen LogP contribution in [-0.4, -0.2) is 40.6 Å². The lowest BCUT2D eigenvalue weighted by atomic mass is 9.92. The molecule has 0 saturated heterocycles. The van der Waals surface area contributed by atoms with E-state index in [0.29, 0.717) is 17.8 Å². The van der Waals surface area contributed by atoms with Gasteiger partial charge in [-0.2, -0.15) is 0 Å². The molecular weight excluding hydrogens is 466 g/mol. The van der Waals surface area contributed by atoms with Crippen LogP contribution in [0.5, 0.6) is 0 Å². The van der Waals surface area contributed by atoms with Crippen LogP contribution in [0.25, 0.3) is 0 Å². The van der Waals surface area contributed by atoms with E-state index in [4.69, 9.17) is 0 Å². The van der Waals surface area contributed by atoms with Gasteiger partial charge in [-0.1, -0.05) is 55.0 Å². The molecule has 1 aliphatic heterocycles. The molecule has 4 amide bonds. The van der Waals surface area contributed by atoms with E-state index >= 15 is 0 Å². The molecule has 0 spiro atoms. The number of rotatable bonds is 7. The molecule has 3 aromatic rings. The Morgan fingerprint density at radius 3 is 1.89 bits per heavy atom. The average molecular weight is 498 g/mol. The first-order valence-corrected chi connectivity index (χ1v) is 12.3. The molecule has 0 aromatic heterocycles. The molecule has 1 N–H and O–H groups in total. The number of anilines is 2. The Labute approximate surface area is 217 Å². The highest BCUT2D eigenvalue weighted by Gasteiger charge is 2.44. The summed E-state index contributed by atoms with van der Waals surface area (Å²) in [5.41, 5.74) is 3.25. The van der Waals surface area contributed by atoms with E-state index in [-0.39, 0.29) is 17.0 Å². The van der Waals surface area contributed by atoms with Gasteiger partial charge in [0.15, 0.2) is 0 Å². The number of nitrogens with one attached hydrogen (secondary N) is 1. The zero-order chi connectivity index (χ0) is 26.9. The molecule has 3 aromatic carbocycles. The smallest absolute Gasteiger partial charge is 0.262 e. The Morgan fingerprint density at radius 1 is 0.838 bits per heavy atom. The fourth-order valence-corrected chi connectivity index (χ4v) is 4.67. The summed E-state index contributed by atoms with van der Waals surface area (Å²) < 4.78 is 0. The molecule has 4 rings (SSSR count). The monoisotopic (exact) mass is 497 g/mol. The lowest BCUT2D eigenvalue weighted by Crippen LogP contribution is -2.59. The van der Waals surface area contributed by atoms with Crippen LogP contribution in [0.1, 0.15) is 57.7 Å². The van der Waals surface area contributed by atoms with Gasteiger partial charge in [-0.15, -0.1) is 0 Å². The van der Waals surface area contributed by atoms with Gasteiger partial charge in [0, 0.05) is 11.4 Å². The minimum absolute atomic E-state index is 0.271. The second-order valence-electron chi connectivity index (χ2n) is 9.66. The third kappa shape index (κ3) is 4.65. The quantitative estimate of drug-likeness (QED) is 0.463. The molecule has 1 unspecified atom stereocenters. The molecular formula is C30H31N3O4. The molecule has 7 nitrogen and oxygen atoms in total. The molecule has 37 heavy (non-hydrogen) atoms. The molecule has 7 heteroatoms. The summed E-state index contributed by atoms with van der Waals surface area (Å²) in [5, 5.41) is 3.03. The lowest BCUT2D eigenvalue weighted by molar-refractivity contribution is -0.126. The molecule has 0 fully saturated rings. The van der Waals surface area contributed by atoms with E-state index in [9.17, 15) is 19.2 Å². The Bertz CT molecular complexity index is 1340. The van der Waals surface area contributed by atoms with Crippen LogP contribution in [-0.2, 0) is 9.59 Å². The van der Waals surface area contributed by atoms with Crippen LogP contribution in [0.15, 0.2) is 66.7 Å². The fraction of sp³-hybridized carbons (Fsp3) is 0.267. The number of para-hydroxylation sites is 1. The Hall–Kier alpha value is -4.26. The number of hydrogen-bond acceptors (Lipinski definition) is 4. The maximum absolute atomic E-state index is 13.9. The van der Waals surface area contributed by atoms with Gasteiger partial charge in [0.1, 0.15) is 12.1 Å². The standard InChI is InChI=1S/C30H31N3O4/c1-6-30(5,29(37)31-26-20(3)10-9-11-21(26)4)33(22-16-14-19(2)15-17-22)25(34)18-32-27(35)23-12-7-8-13-24(23)28(32)36/h7-17H,6,18H2,1-5H3,(H,31,37). The normalized spacial score (nSPS) is 14.2. The number of benzene rings is 3. The molecule has 1 aliphatic rings. The number of carbonyl (C=O) groups excluding carboxylic acids is 4. The zero-order valence-electron chi connectivity index (χ0n) is 21.8. The highest BCUT2D eigenvalue weighted by Crippen LogP contribution is 2.31. The van der Waals surface area contributed by atoms with Crippen molar-refractivity contribution in [3.05, 3.63) is 94.5 Å². The van der Waals surface area contributed by atoms with E-state index in [1.54, 1.807) is 43.3 Å². The number of fused-ring (bicyclic) bond motifs is 1. The number of carbonyl (C=O) groups is 4. The Kier molecular flexibility index (Phi) is 6.99. The van der Waals surface area contributed by atoms with Gasteiger partial charge in [0.2, 0.25) is 11.8 Å². The summed E-state index contributed by atoms with van der Waals surface area (Å²) >= 11 is 0. The number of hydrogen-bond donors (Lipinski definition) is 1. The van der Waals surface area contributed by atoms with Crippen molar-refractivity contribution in [2.45, 2.75) is 46.6 Å². The Balaban J connectivity index is 1.72. The van der Waals surface area contributed by atoms with Crippen LogP contribution in [0, 0.1) is 20.8 Å². The van der Waals surface area contributed by atoms with Gasteiger partial charge in [-0.3, -0.25) is 29.0 Å². The summed E-state index contributed by atoms with van der Waals surface area (Å²) in [6, 6.07) is 19.5. The highest BCUT2D eigenvalue weighted by atomic mass is 16.2. The van der Waals surface area contributed by atoms with E-state index in [2.05, 4.69) is 5.32 Å². The summed E-state index contributed by atoms with van der Waals surface area (Å²) in [7, 11) is 0. The van der Waals surface area contributed by atoms with Crippen molar-refractivity contribution in [3.63, 3.8) is 0 Å². The van der Waals surface area contributed by atoms with Gasteiger partial charge in [0.05, 0.1) is 11.1 Å². The second-order valence-corrected chi connectivity index (χ2v) is 9.66. The van der Waals surface area contributed by atoms with Crippen molar-refractivity contribution in [2.24, 2.45) is 0 Å². The first kappa shape index (κ1) is 25.8. The van der Waals surface area contributed by atoms with Crippen LogP contribution < -0.4 is 10.2 Å². The summed E-state index contributed by atoms with van der Waals surface area (Å²) in [6.07, 6.45) is 0.297. The van der Waals surface area contributed by atoms with Crippen molar-refractivity contribution < 1.29 is 19.2 Å². The molecule has 0 aliphatic carbocycles. The van der Waals surface area contributed by atoms with Crippen molar-refractivity contribution >= 4 is 35.0 Å². The minimum Gasteiger partial charge on any atom is -0.324 e. The van der Waals surface area contributed by atoms with Crippen LogP contribution in [0.2, 0.25) is 0 Å². The predicted molar refractivity (Wildman–Crippen MR) is 144 cm³/mol. The van der Waals surface area contributed by atoms with E-state index in [1.807, 2.05) is 58.0 Å². The van der Waals surface area contributed by atoms with Gasteiger partial charge in [-0.05, 0) is 69.5 Å². The van der Waals surface area contributed by atoms with Crippen molar-refractivity contribution in [2.75, 3.05) is 16.8 Å². The largest absolute Gasteiger partial charge is 0.324 e. The van der Waals surface area contributed by atoms with Crippen molar-refractivity contribution in [1.29, 1.82) is 0 Å². The molecule has 1 atom stereocenters. The van der Waals surface area contributed by atoms with E-state index in [0.717, 1.165) is 21.6 Å². The maximum atomic E-state index is 13.9. The maximum Gasteiger partial charge on any atom is 0.262 e. The molecule has 0 saturated carbocycles. The van der Waals surface area contributed by atoms with Crippen molar-refractivity contribution in [3.8, 4) is 0 Å².